The number of amides is 2. The van der Waals surface area contributed by atoms with E-state index in [9.17, 15) is 9.59 Å². The van der Waals surface area contributed by atoms with Gasteiger partial charge in [0.05, 0.1) is 13.0 Å². The van der Waals surface area contributed by atoms with Gasteiger partial charge in [0, 0.05) is 22.3 Å². The fraction of sp³-hybridized carbons (Fsp3) is 0.571. The monoisotopic (exact) mass is 298 g/mol. The first-order valence-corrected chi connectivity index (χ1v) is 7.49. The van der Waals surface area contributed by atoms with Gasteiger partial charge in [0.1, 0.15) is 0 Å². The summed E-state index contributed by atoms with van der Waals surface area (Å²) in [5.74, 6) is -0.895. The van der Waals surface area contributed by atoms with Crippen molar-refractivity contribution in [3.05, 3.63) is 21.4 Å². The first-order chi connectivity index (χ1) is 9.35. The fourth-order valence-electron chi connectivity index (χ4n) is 2.02. The lowest BCUT2D eigenvalue weighted by atomic mass is 10.2. The molecule has 1 unspecified atom stereocenters. The summed E-state index contributed by atoms with van der Waals surface area (Å²) < 4.78 is 0. The van der Waals surface area contributed by atoms with E-state index in [-0.39, 0.29) is 18.5 Å². The standard InChI is InChI=1S/C14H22N2O3S/c1-5-16(10(3)7-13(17)18)14(19)15-8-12-6-9(2)11(4)20-12/h6,10H,5,7-8H2,1-4H3,(H,15,19)(H,17,18). The minimum Gasteiger partial charge on any atom is -0.481 e. The Kier molecular flexibility index (Phi) is 6.01. The molecule has 0 aliphatic carbocycles. The second kappa shape index (κ2) is 7.28. The second-order valence-electron chi connectivity index (χ2n) is 4.84. The molecule has 0 bridgehead atoms. The predicted molar refractivity (Wildman–Crippen MR) is 80.1 cm³/mol. The highest BCUT2D eigenvalue weighted by Crippen LogP contribution is 2.20. The van der Waals surface area contributed by atoms with Crippen molar-refractivity contribution in [2.24, 2.45) is 0 Å². The van der Waals surface area contributed by atoms with E-state index < -0.39 is 5.97 Å². The van der Waals surface area contributed by atoms with Crippen LogP contribution in [0.25, 0.3) is 0 Å². The van der Waals surface area contributed by atoms with Crippen molar-refractivity contribution < 1.29 is 14.7 Å². The highest BCUT2D eigenvalue weighted by molar-refractivity contribution is 7.12. The normalized spacial score (nSPS) is 12.0. The van der Waals surface area contributed by atoms with Crippen LogP contribution in [0.1, 0.15) is 35.6 Å². The number of aliphatic carboxylic acids is 1. The SMILES string of the molecule is CCN(C(=O)NCc1cc(C)c(C)s1)C(C)CC(=O)O. The lowest BCUT2D eigenvalue weighted by Crippen LogP contribution is -2.45. The highest BCUT2D eigenvalue weighted by atomic mass is 32.1. The molecule has 5 nitrogen and oxygen atoms in total. The molecule has 6 heteroatoms. The molecule has 1 heterocycles. The molecule has 1 aromatic rings. The van der Waals surface area contributed by atoms with Crippen LogP contribution < -0.4 is 5.32 Å². The molecule has 1 atom stereocenters. The maximum absolute atomic E-state index is 12.1. The number of urea groups is 1. The number of hydrogen-bond acceptors (Lipinski definition) is 3. The average Bonchev–Trinajstić information content (AvgIpc) is 2.66. The van der Waals surface area contributed by atoms with E-state index in [0.717, 1.165) is 4.88 Å². The van der Waals surface area contributed by atoms with E-state index in [2.05, 4.69) is 18.3 Å². The van der Waals surface area contributed by atoms with Crippen LogP contribution in [-0.2, 0) is 11.3 Å². The van der Waals surface area contributed by atoms with Crippen LogP contribution in [0.15, 0.2) is 6.07 Å². The number of carboxylic acid groups (broad SMARTS) is 1. The maximum Gasteiger partial charge on any atom is 0.317 e. The van der Waals surface area contributed by atoms with Crippen LogP contribution in [0.4, 0.5) is 4.79 Å². The van der Waals surface area contributed by atoms with Gasteiger partial charge in [0.15, 0.2) is 0 Å². The third-order valence-corrected chi connectivity index (χ3v) is 4.39. The average molecular weight is 298 g/mol. The lowest BCUT2D eigenvalue weighted by Gasteiger charge is -2.27. The molecule has 0 radical (unpaired) electrons. The summed E-state index contributed by atoms with van der Waals surface area (Å²) in [6.45, 7) is 8.66. The van der Waals surface area contributed by atoms with Crippen molar-refractivity contribution in [3.8, 4) is 0 Å². The van der Waals surface area contributed by atoms with Gasteiger partial charge in [0.2, 0.25) is 0 Å². The van der Waals surface area contributed by atoms with Crippen LogP contribution in [0.2, 0.25) is 0 Å². The zero-order chi connectivity index (χ0) is 15.3. The minimum atomic E-state index is -0.895. The third kappa shape index (κ3) is 4.52. The number of carbonyl (C=O) groups is 2. The van der Waals surface area contributed by atoms with Gasteiger partial charge in [-0.25, -0.2) is 4.79 Å². The maximum atomic E-state index is 12.1. The molecule has 0 saturated heterocycles. The quantitative estimate of drug-likeness (QED) is 0.848. The molecule has 112 valence electrons. The summed E-state index contributed by atoms with van der Waals surface area (Å²) >= 11 is 1.67. The van der Waals surface area contributed by atoms with Gasteiger partial charge >= 0.3 is 12.0 Å². The summed E-state index contributed by atoms with van der Waals surface area (Å²) in [7, 11) is 0. The summed E-state index contributed by atoms with van der Waals surface area (Å²) in [5.41, 5.74) is 1.23. The molecular formula is C14H22N2O3S. The molecule has 0 saturated carbocycles. The van der Waals surface area contributed by atoms with Crippen LogP contribution in [0, 0.1) is 13.8 Å². The van der Waals surface area contributed by atoms with Crippen LogP contribution in [0.3, 0.4) is 0 Å². The fourth-order valence-corrected chi connectivity index (χ4v) is 3.01. The van der Waals surface area contributed by atoms with Crippen LogP contribution >= 0.6 is 11.3 Å². The number of hydrogen-bond donors (Lipinski definition) is 2. The predicted octanol–water partition coefficient (Wildman–Crippen LogP) is 2.76. The molecule has 0 fully saturated rings. The molecule has 0 aliphatic heterocycles. The van der Waals surface area contributed by atoms with E-state index in [4.69, 9.17) is 5.11 Å². The van der Waals surface area contributed by atoms with Crippen molar-refractivity contribution in [1.82, 2.24) is 10.2 Å². The van der Waals surface area contributed by atoms with Crippen molar-refractivity contribution in [3.63, 3.8) is 0 Å². The molecule has 1 aromatic heterocycles. The first-order valence-electron chi connectivity index (χ1n) is 6.67. The van der Waals surface area contributed by atoms with Crippen molar-refractivity contribution >= 4 is 23.3 Å². The van der Waals surface area contributed by atoms with Gasteiger partial charge in [-0.05, 0) is 39.3 Å². The molecule has 2 amide bonds. The Morgan fingerprint density at radius 3 is 2.55 bits per heavy atom. The molecule has 0 aromatic carbocycles. The molecule has 1 rings (SSSR count). The van der Waals surface area contributed by atoms with E-state index in [1.165, 1.54) is 10.4 Å². The minimum absolute atomic E-state index is 0.0432. The first kappa shape index (κ1) is 16.5. The van der Waals surface area contributed by atoms with E-state index in [1.54, 1.807) is 23.2 Å². The Balaban J connectivity index is 2.57. The number of carboxylic acids is 1. The molecule has 20 heavy (non-hydrogen) atoms. The van der Waals surface area contributed by atoms with Crippen LogP contribution in [0.5, 0.6) is 0 Å². The summed E-state index contributed by atoms with van der Waals surface area (Å²) in [6.07, 6.45) is -0.0432. The zero-order valence-electron chi connectivity index (χ0n) is 12.4. The summed E-state index contributed by atoms with van der Waals surface area (Å²) in [5, 5.41) is 11.6. The van der Waals surface area contributed by atoms with Crippen LogP contribution in [-0.4, -0.2) is 34.6 Å². The van der Waals surface area contributed by atoms with E-state index >= 15 is 0 Å². The lowest BCUT2D eigenvalue weighted by molar-refractivity contribution is -0.138. The summed E-state index contributed by atoms with van der Waals surface area (Å²) in [4.78, 5) is 26.7. The van der Waals surface area contributed by atoms with Gasteiger partial charge in [0.25, 0.3) is 0 Å². The van der Waals surface area contributed by atoms with E-state index in [1.807, 2.05) is 13.8 Å². The number of rotatable bonds is 6. The van der Waals surface area contributed by atoms with Crippen molar-refractivity contribution in [2.45, 2.75) is 46.7 Å². The number of aryl methyl sites for hydroxylation is 2. The number of nitrogens with one attached hydrogen (secondary N) is 1. The molecular weight excluding hydrogens is 276 g/mol. The molecule has 0 aliphatic rings. The van der Waals surface area contributed by atoms with Crippen molar-refractivity contribution in [1.29, 1.82) is 0 Å². The number of nitrogens with zero attached hydrogens (tertiary/aromatic N) is 1. The Hall–Kier alpha value is -1.56. The topological polar surface area (TPSA) is 69.6 Å². The van der Waals surface area contributed by atoms with E-state index in [0.29, 0.717) is 13.1 Å². The van der Waals surface area contributed by atoms with Gasteiger partial charge in [-0.2, -0.15) is 0 Å². The van der Waals surface area contributed by atoms with Gasteiger partial charge in [-0.15, -0.1) is 11.3 Å². The second-order valence-corrected chi connectivity index (χ2v) is 6.18. The van der Waals surface area contributed by atoms with Gasteiger partial charge in [-0.3, -0.25) is 4.79 Å². The smallest absolute Gasteiger partial charge is 0.317 e. The number of thiophene rings is 1. The Morgan fingerprint density at radius 1 is 1.45 bits per heavy atom. The highest BCUT2D eigenvalue weighted by Gasteiger charge is 2.20. The third-order valence-electron chi connectivity index (χ3n) is 3.23. The van der Waals surface area contributed by atoms with Crippen molar-refractivity contribution in [2.75, 3.05) is 6.54 Å². The van der Waals surface area contributed by atoms with Gasteiger partial charge < -0.3 is 15.3 Å². The Labute approximate surface area is 123 Å². The Bertz CT molecular complexity index is 465. The Morgan fingerprint density at radius 2 is 2.10 bits per heavy atom. The largest absolute Gasteiger partial charge is 0.481 e. The van der Waals surface area contributed by atoms with Gasteiger partial charge in [-0.1, -0.05) is 0 Å². The molecule has 0 spiro atoms. The zero-order valence-corrected chi connectivity index (χ0v) is 13.2. The number of carbonyl (C=O) groups excluding carboxylic acids is 1. The molecule has 2 N–H and O–H groups in total. The summed E-state index contributed by atoms with van der Waals surface area (Å²) in [6, 6.07) is 1.53.